The molecule has 0 amide bonds. The van der Waals surface area contributed by atoms with Gasteiger partial charge in [0.1, 0.15) is 0 Å². The molecule has 0 aliphatic carbocycles. The van der Waals surface area contributed by atoms with Gasteiger partial charge in [0.2, 0.25) is 0 Å². The van der Waals surface area contributed by atoms with E-state index in [1.807, 2.05) is 7.05 Å². The monoisotopic (exact) mass is 159 g/mol. The minimum absolute atomic E-state index is 0.213. The predicted octanol–water partition coefficient (Wildman–Crippen LogP) is -0.00670. The lowest BCUT2D eigenvalue weighted by Crippen LogP contribution is -2.40. The highest BCUT2D eigenvalue weighted by Gasteiger charge is 2.21. The van der Waals surface area contributed by atoms with Crippen molar-refractivity contribution in [3.63, 3.8) is 0 Å². The van der Waals surface area contributed by atoms with Crippen LogP contribution < -0.4 is 5.32 Å². The van der Waals surface area contributed by atoms with Crippen molar-refractivity contribution in [2.75, 3.05) is 26.9 Å². The molecule has 0 spiro atoms. The fraction of sp³-hybridized carbons (Fsp3) is 1.00. The standard InChI is InChI=1S/C8H17NO2/c1-9-8(5-10)7-3-2-4-11-6-7/h7-10H,2-6H2,1H3. The topological polar surface area (TPSA) is 41.5 Å². The van der Waals surface area contributed by atoms with Crippen LogP contribution in [0.4, 0.5) is 0 Å². The van der Waals surface area contributed by atoms with Crippen molar-refractivity contribution < 1.29 is 9.84 Å². The van der Waals surface area contributed by atoms with Crippen molar-refractivity contribution in [3.05, 3.63) is 0 Å². The van der Waals surface area contributed by atoms with E-state index in [-0.39, 0.29) is 12.6 Å². The highest BCUT2D eigenvalue weighted by atomic mass is 16.5. The molecule has 1 fully saturated rings. The van der Waals surface area contributed by atoms with Crippen molar-refractivity contribution in [3.8, 4) is 0 Å². The third-order valence-corrected chi connectivity index (χ3v) is 2.33. The summed E-state index contributed by atoms with van der Waals surface area (Å²) in [6.07, 6.45) is 2.30. The zero-order valence-electron chi connectivity index (χ0n) is 7.05. The van der Waals surface area contributed by atoms with E-state index in [2.05, 4.69) is 5.32 Å². The number of likely N-dealkylation sites (N-methyl/N-ethyl adjacent to an activating group) is 1. The Hall–Kier alpha value is -0.120. The number of hydrogen-bond donors (Lipinski definition) is 2. The molecule has 3 heteroatoms. The van der Waals surface area contributed by atoms with Crippen molar-refractivity contribution in [1.29, 1.82) is 0 Å². The Kier molecular flexibility index (Phi) is 3.83. The molecule has 2 N–H and O–H groups in total. The van der Waals surface area contributed by atoms with E-state index in [1.165, 1.54) is 6.42 Å². The van der Waals surface area contributed by atoms with Gasteiger partial charge in [0.15, 0.2) is 0 Å². The van der Waals surface area contributed by atoms with Gasteiger partial charge in [-0.3, -0.25) is 0 Å². The first kappa shape index (κ1) is 8.97. The Labute approximate surface area is 67.7 Å². The molecule has 3 nitrogen and oxygen atoms in total. The zero-order valence-corrected chi connectivity index (χ0v) is 7.05. The second-order valence-electron chi connectivity index (χ2n) is 3.05. The molecule has 0 radical (unpaired) electrons. The van der Waals surface area contributed by atoms with Crippen LogP contribution in [0.3, 0.4) is 0 Å². The summed E-state index contributed by atoms with van der Waals surface area (Å²) < 4.78 is 5.32. The first-order chi connectivity index (χ1) is 5.38. The van der Waals surface area contributed by atoms with E-state index in [9.17, 15) is 0 Å². The molecule has 1 heterocycles. The van der Waals surface area contributed by atoms with E-state index in [4.69, 9.17) is 9.84 Å². The van der Waals surface area contributed by atoms with Crippen molar-refractivity contribution in [2.24, 2.45) is 5.92 Å². The molecule has 66 valence electrons. The van der Waals surface area contributed by atoms with Crippen molar-refractivity contribution in [2.45, 2.75) is 18.9 Å². The fourth-order valence-corrected chi connectivity index (χ4v) is 1.56. The Morgan fingerprint density at radius 2 is 2.55 bits per heavy atom. The van der Waals surface area contributed by atoms with Gasteiger partial charge in [-0.15, -0.1) is 0 Å². The molecule has 1 aliphatic rings. The third-order valence-electron chi connectivity index (χ3n) is 2.33. The van der Waals surface area contributed by atoms with Crippen molar-refractivity contribution in [1.82, 2.24) is 5.32 Å². The molecular weight excluding hydrogens is 142 g/mol. The quantitative estimate of drug-likeness (QED) is 0.608. The Bertz CT molecular complexity index is 98.3. The lowest BCUT2D eigenvalue weighted by Gasteiger charge is -2.28. The Morgan fingerprint density at radius 3 is 3.00 bits per heavy atom. The Morgan fingerprint density at radius 1 is 1.73 bits per heavy atom. The van der Waals surface area contributed by atoms with Crippen LogP contribution >= 0.6 is 0 Å². The number of aliphatic hydroxyl groups excluding tert-OH is 1. The van der Waals surface area contributed by atoms with Gasteiger partial charge < -0.3 is 15.2 Å². The molecule has 2 atom stereocenters. The average Bonchev–Trinajstić information content (AvgIpc) is 2.09. The van der Waals surface area contributed by atoms with Crippen LogP contribution in [0.1, 0.15) is 12.8 Å². The lowest BCUT2D eigenvalue weighted by atomic mass is 9.94. The normalized spacial score (nSPS) is 28.4. The van der Waals surface area contributed by atoms with E-state index >= 15 is 0 Å². The molecule has 0 bridgehead atoms. The van der Waals surface area contributed by atoms with Gasteiger partial charge in [0.05, 0.1) is 13.2 Å². The number of hydrogen-bond acceptors (Lipinski definition) is 3. The van der Waals surface area contributed by atoms with Crippen LogP contribution in [0.5, 0.6) is 0 Å². The summed E-state index contributed by atoms with van der Waals surface area (Å²) in [5, 5.41) is 12.1. The van der Waals surface area contributed by atoms with Gasteiger partial charge in [-0.25, -0.2) is 0 Å². The molecule has 0 aromatic heterocycles. The first-order valence-electron chi connectivity index (χ1n) is 4.24. The van der Waals surface area contributed by atoms with Gasteiger partial charge in [-0.2, -0.15) is 0 Å². The summed E-state index contributed by atoms with van der Waals surface area (Å²) in [6.45, 7) is 1.90. The van der Waals surface area contributed by atoms with Crippen LogP contribution in [0, 0.1) is 5.92 Å². The second kappa shape index (κ2) is 4.70. The fourth-order valence-electron chi connectivity index (χ4n) is 1.56. The summed E-state index contributed by atoms with van der Waals surface area (Å²) in [7, 11) is 1.88. The van der Waals surface area contributed by atoms with Gasteiger partial charge in [0.25, 0.3) is 0 Å². The summed E-state index contributed by atoms with van der Waals surface area (Å²) in [5.41, 5.74) is 0. The minimum atomic E-state index is 0.213. The van der Waals surface area contributed by atoms with Gasteiger partial charge in [-0.1, -0.05) is 0 Å². The maximum atomic E-state index is 8.96. The second-order valence-corrected chi connectivity index (χ2v) is 3.05. The van der Waals surface area contributed by atoms with Crippen LogP contribution in [-0.4, -0.2) is 38.0 Å². The number of ether oxygens (including phenoxy) is 1. The molecule has 2 unspecified atom stereocenters. The van der Waals surface area contributed by atoms with Crippen LogP contribution in [0.2, 0.25) is 0 Å². The number of aliphatic hydroxyl groups is 1. The maximum Gasteiger partial charge on any atom is 0.0588 e. The number of nitrogens with one attached hydrogen (secondary N) is 1. The largest absolute Gasteiger partial charge is 0.395 e. The first-order valence-corrected chi connectivity index (χ1v) is 4.24. The van der Waals surface area contributed by atoms with Crippen LogP contribution in [0.25, 0.3) is 0 Å². The zero-order chi connectivity index (χ0) is 8.10. The lowest BCUT2D eigenvalue weighted by molar-refractivity contribution is 0.0299. The maximum absolute atomic E-state index is 8.96. The third kappa shape index (κ3) is 2.43. The molecule has 1 saturated heterocycles. The van der Waals surface area contributed by atoms with Gasteiger partial charge >= 0.3 is 0 Å². The average molecular weight is 159 g/mol. The molecule has 11 heavy (non-hydrogen) atoms. The van der Waals surface area contributed by atoms with E-state index in [0.717, 1.165) is 19.6 Å². The van der Waals surface area contributed by atoms with Crippen LogP contribution in [0.15, 0.2) is 0 Å². The van der Waals surface area contributed by atoms with E-state index in [1.54, 1.807) is 0 Å². The summed E-state index contributed by atoms with van der Waals surface area (Å²) in [5.74, 6) is 0.499. The van der Waals surface area contributed by atoms with Gasteiger partial charge in [-0.05, 0) is 25.8 Å². The smallest absolute Gasteiger partial charge is 0.0588 e. The molecule has 0 saturated carbocycles. The molecule has 0 aromatic carbocycles. The van der Waals surface area contributed by atoms with Crippen LogP contribution in [-0.2, 0) is 4.74 Å². The highest BCUT2D eigenvalue weighted by Crippen LogP contribution is 2.16. The van der Waals surface area contributed by atoms with Crippen molar-refractivity contribution >= 4 is 0 Å². The molecule has 1 rings (SSSR count). The predicted molar refractivity (Wildman–Crippen MR) is 43.5 cm³/mol. The number of rotatable bonds is 3. The highest BCUT2D eigenvalue weighted by molar-refractivity contribution is 4.76. The summed E-state index contributed by atoms with van der Waals surface area (Å²) in [4.78, 5) is 0. The molecular formula is C8H17NO2. The molecule has 1 aliphatic heterocycles. The van der Waals surface area contributed by atoms with E-state index < -0.39 is 0 Å². The van der Waals surface area contributed by atoms with Gasteiger partial charge in [0, 0.05) is 12.6 Å². The Balaban J connectivity index is 2.30. The van der Waals surface area contributed by atoms with E-state index in [0.29, 0.717) is 5.92 Å². The SMILES string of the molecule is CNC(CO)C1CCCOC1. The summed E-state index contributed by atoms with van der Waals surface area (Å²) >= 11 is 0. The minimum Gasteiger partial charge on any atom is -0.395 e. The summed E-state index contributed by atoms with van der Waals surface area (Å²) in [6, 6.07) is 0.218. The molecule has 0 aromatic rings.